The summed E-state index contributed by atoms with van der Waals surface area (Å²) in [5, 5.41) is 0. The van der Waals surface area contributed by atoms with E-state index in [0.29, 0.717) is 13.1 Å². The summed E-state index contributed by atoms with van der Waals surface area (Å²) in [6.07, 6.45) is 6.76. The van der Waals surface area contributed by atoms with Gasteiger partial charge >= 0.3 is 0 Å². The summed E-state index contributed by atoms with van der Waals surface area (Å²) < 4.78 is 1.58. The quantitative estimate of drug-likeness (QED) is 0.316. The lowest BCUT2D eigenvalue weighted by Crippen LogP contribution is -2.42. The van der Waals surface area contributed by atoms with Crippen LogP contribution in [0.3, 0.4) is 0 Å². The molecule has 106 valence electrons. The Morgan fingerprint density at radius 2 is 1.00 bits per heavy atom. The SMILES string of the molecule is C[N+](C)(CC=O)CCCCCC[N+](C)(C)CC=O. The normalized spacial score (nSPS) is 12.4. The average molecular weight is 258 g/mol. The number of carbonyl (C=O) groups is 2. The van der Waals surface area contributed by atoms with E-state index in [0.717, 1.165) is 34.6 Å². The van der Waals surface area contributed by atoms with Gasteiger partial charge in [-0.15, -0.1) is 0 Å². The van der Waals surface area contributed by atoms with E-state index in [1.54, 1.807) is 0 Å². The van der Waals surface area contributed by atoms with Crippen LogP contribution in [0.1, 0.15) is 25.7 Å². The fraction of sp³-hybridized carbons (Fsp3) is 0.857. The van der Waals surface area contributed by atoms with Crippen molar-refractivity contribution in [2.75, 3.05) is 54.4 Å². The van der Waals surface area contributed by atoms with Crippen LogP contribution in [0.4, 0.5) is 0 Å². The highest BCUT2D eigenvalue weighted by molar-refractivity contribution is 5.50. The second-order valence-electron chi connectivity index (χ2n) is 6.43. The molecule has 0 amide bonds. The van der Waals surface area contributed by atoms with Crippen molar-refractivity contribution in [3.05, 3.63) is 0 Å². The molecule has 0 saturated carbocycles. The van der Waals surface area contributed by atoms with E-state index in [1.807, 2.05) is 0 Å². The number of carbonyl (C=O) groups excluding carboxylic acids is 2. The molecule has 0 aliphatic heterocycles. The van der Waals surface area contributed by atoms with E-state index in [2.05, 4.69) is 28.2 Å². The maximum atomic E-state index is 10.5. The third-order valence-corrected chi connectivity index (χ3v) is 3.41. The van der Waals surface area contributed by atoms with Crippen LogP contribution in [-0.2, 0) is 9.59 Å². The van der Waals surface area contributed by atoms with E-state index in [4.69, 9.17) is 0 Å². The van der Waals surface area contributed by atoms with Crippen molar-refractivity contribution < 1.29 is 18.6 Å². The summed E-state index contributed by atoms with van der Waals surface area (Å²) in [5.41, 5.74) is 0. The molecule has 4 heteroatoms. The smallest absolute Gasteiger partial charge is 0.174 e. The zero-order chi connectivity index (χ0) is 14.1. The lowest BCUT2D eigenvalue weighted by atomic mass is 10.1. The van der Waals surface area contributed by atoms with Gasteiger partial charge in [0.05, 0.1) is 41.3 Å². The van der Waals surface area contributed by atoms with E-state index in [9.17, 15) is 9.59 Å². The molecule has 0 saturated heterocycles. The minimum absolute atomic E-state index is 0.600. The molecule has 0 heterocycles. The first-order valence-electron chi connectivity index (χ1n) is 6.84. The number of unbranched alkanes of at least 4 members (excludes halogenated alkanes) is 3. The first kappa shape index (κ1) is 17.3. The van der Waals surface area contributed by atoms with Crippen molar-refractivity contribution >= 4 is 12.6 Å². The first-order chi connectivity index (χ1) is 8.33. The topological polar surface area (TPSA) is 34.1 Å². The molecular weight excluding hydrogens is 228 g/mol. The third kappa shape index (κ3) is 9.31. The molecule has 0 spiro atoms. The lowest BCUT2D eigenvalue weighted by molar-refractivity contribution is -0.882. The minimum atomic E-state index is 0.600. The summed E-state index contributed by atoms with van der Waals surface area (Å²) in [7, 11) is 8.38. The van der Waals surface area contributed by atoms with Gasteiger partial charge in [-0.3, -0.25) is 9.59 Å². The molecular formula is C14H30N2O2+2. The molecule has 0 aromatic rings. The van der Waals surface area contributed by atoms with E-state index in [-0.39, 0.29) is 0 Å². The molecule has 0 fully saturated rings. The Bertz CT molecular complexity index is 224. The van der Waals surface area contributed by atoms with Crippen molar-refractivity contribution in [2.24, 2.45) is 0 Å². The van der Waals surface area contributed by atoms with Crippen molar-refractivity contribution in [1.29, 1.82) is 0 Å². The minimum Gasteiger partial charge on any atom is -0.323 e. The summed E-state index contributed by atoms with van der Waals surface area (Å²) in [4.78, 5) is 21.0. The molecule has 0 bridgehead atoms. The molecule has 0 unspecified atom stereocenters. The number of quaternary nitrogens is 2. The van der Waals surface area contributed by atoms with Gasteiger partial charge in [-0.2, -0.15) is 0 Å². The van der Waals surface area contributed by atoms with Crippen LogP contribution >= 0.6 is 0 Å². The second-order valence-corrected chi connectivity index (χ2v) is 6.43. The van der Waals surface area contributed by atoms with Gasteiger partial charge in [-0.05, 0) is 25.7 Å². The van der Waals surface area contributed by atoms with Gasteiger partial charge in [-0.25, -0.2) is 0 Å². The molecule has 0 aromatic heterocycles. The van der Waals surface area contributed by atoms with Gasteiger partial charge in [0.15, 0.2) is 12.6 Å². The van der Waals surface area contributed by atoms with Crippen LogP contribution in [0.15, 0.2) is 0 Å². The Morgan fingerprint density at radius 3 is 1.28 bits per heavy atom. The standard InChI is InChI=1S/C14H30N2O2/c1-15(2,11-13-17)9-7-5-6-8-10-16(3,4)12-14-18/h13-14H,5-12H2,1-4H3/q+2. The predicted octanol–water partition coefficient (Wildman–Crippen LogP) is 1.10. The first-order valence-corrected chi connectivity index (χ1v) is 6.84. The van der Waals surface area contributed by atoms with Crippen LogP contribution in [-0.4, -0.2) is 75.9 Å². The van der Waals surface area contributed by atoms with Crippen LogP contribution in [0, 0.1) is 0 Å². The van der Waals surface area contributed by atoms with Gasteiger partial charge in [0.2, 0.25) is 0 Å². The summed E-state index contributed by atoms with van der Waals surface area (Å²) in [6.45, 7) is 3.32. The Morgan fingerprint density at radius 1 is 0.667 bits per heavy atom. The average Bonchev–Trinajstić information content (AvgIpc) is 2.22. The number of hydrogen-bond donors (Lipinski definition) is 0. The summed E-state index contributed by atoms with van der Waals surface area (Å²) in [5.74, 6) is 0. The molecule has 0 N–H and O–H groups in total. The monoisotopic (exact) mass is 258 g/mol. The fourth-order valence-corrected chi connectivity index (χ4v) is 2.02. The number of rotatable bonds is 11. The maximum absolute atomic E-state index is 10.5. The van der Waals surface area contributed by atoms with Gasteiger partial charge in [-0.1, -0.05) is 0 Å². The van der Waals surface area contributed by atoms with Crippen molar-refractivity contribution in [3.63, 3.8) is 0 Å². The predicted molar refractivity (Wildman–Crippen MR) is 74.3 cm³/mol. The molecule has 0 radical (unpaired) electrons. The Kier molecular flexibility index (Phi) is 8.03. The summed E-state index contributed by atoms with van der Waals surface area (Å²) >= 11 is 0. The van der Waals surface area contributed by atoms with Crippen molar-refractivity contribution in [3.8, 4) is 0 Å². The van der Waals surface area contributed by atoms with E-state index >= 15 is 0 Å². The van der Waals surface area contributed by atoms with Crippen molar-refractivity contribution in [2.45, 2.75) is 25.7 Å². The number of nitrogens with zero attached hydrogens (tertiary/aromatic N) is 2. The molecule has 18 heavy (non-hydrogen) atoms. The molecule has 0 aromatic carbocycles. The summed E-state index contributed by atoms with van der Waals surface area (Å²) in [6, 6.07) is 0. The Balaban J connectivity index is 3.57. The highest BCUT2D eigenvalue weighted by Crippen LogP contribution is 2.07. The fourth-order valence-electron chi connectivity index (χ4n) is 2.02. The molecule has 0 aliphatic carbocycles. The zero-order valence-electron chi connectivity index (χ0n) is 12.5. The number of aldehydes is 2. The third-order valence-electron chi connectivity index (χ3n) is 3.41. The number of hydrogen-bond acceptors (Lipinski definition) is 2. The zero-order valence-corrected chi connectivity index (χ0v) is 12.5. The van der Waals surface area contributed by atoms with Crippen molar-refractivity contribution in [1.82, 2.24) is 0 Å². The highest BCUT2D eigenvalue weighted by atomic mass is 16.1. The molecule has 0 rings (SSSR count). The van der Waals surface area contributed by atoms with Gasteiger partial charge in [0.1, 0.15) is 13.1 Å². The van der Waals surface area contributed by atoms with Crippen LogP contribution < -0.4 is 0 Å². The van der Waals surface area contributed by atoms with Gasteiger partial charge in [0, 0.05) is 0 Å². The van der Waals surface area contributed by atoms with E-state index in [1.165, 1.54) is 25.7 Å². The largest absolute Gasteiger partial charge is 0.323 e. The molecule has 4 nitrogen and oxygen atoms in total. The Hall–Kier alpha value is -0.740. The molecule has 0 atom stereocenters. The van der Waals surface area contributed by atoms with Gasteiger partial charge < -0.3 is 8.97 Å². The van der Waals surface area contributed by atoms with Gasteiger partial charge in [0.25, 0.3) is 0 Å². The van der Waals surface area contributed by atoms with Crippen LogP contribution in [0.2, 0.25) is 0 Å². The maximum Gasteiger partial charge on any atom is 0.174 e. The number of likely N-dealkylation sites (N-methyl/N-ethyl adjacent to an activating group) is 2. The van der Waals surface area contributed by atoms with E-state index < -0.39 is 0 Å². The molecule has 0 aliphatic rings. The Labute approximate surface area is 112 Å². The highest BCUT2D eigenvalue weighted by Gasteiger charge is 2.14. The van der Waals surface area contributed by atoms with Crippen LogP contribution in [0.25, 0.3) is 0 Å². The van der Waals surface area contributed by atoms with Crippen LogP contribution in [0.5, 0.6) is 0 Å². The second kappa shape index (κ2) is 8.38. The lowest BCUT2D eigenvalue weighted by Gasteiger charge is -2.28.